The van der Waals surface area contributed by atoms with Crippen LogP contribution in [0.5, 0.6) is 11.5 Å². The molecule has 0 aliphatic rings. The second-order valence-electron chi connectivity index (χ2n) is 5.81. The van der Waals surface area contributed by atoms with Crippen LogP contribution in [0.15, 0.2) is 24.3 Å². The maximum atomic E-state index is 10.3. The lowest BCUT2D eigenvalue weighted by Gasteiger charge is -2.22. The molecule has 1 aromatic carbocycles. The van der Waals surface area contributed by atoms with E-state index in [-0.39, 0.29) is 6.61 Å². The van der Waals surface area contributed by atoms with Crippen LogP contribution in [0.2, 0.25) is 0 Å². The van der Waals surface area contributed by atoms with E-state index in [2.05, 4.69) is 0 Å². The van der Waals surface area contributed by atoms with Gasteiger partial charge >= 0.3 is 0 Å². The van der Waals surface area contributed by atoms with Crippen molar-refractivity contribution in [3.05, 3.63) is 29.8 Å². The summed E-state index contributed by atoms with van der Waals surface area (Å²) in [6, 6.07) is 5.73. The van der Waals surface area contributed by atoms with Crippen LogP contribution in [-0.2, 0) is 9.47 Å². The first kappa shape index (κ1) is 21.4. The van der Waals surface area contributed by atoms with Gasteiger partial charge < -0.3 is 29.0 Å². The zero-order chi connectivity index (χ0) is 18.5. The van der Waals surface area contributed by atoms with Gasteiger partial charge in [-0.05, 0) is 24.6 Å². The summed E-state index contributed by atoms with van der Waals surface area (Å²) in [5, 5.41) is 10.3. The average Bonchev–Trinajstić information content (AvgIpc) is 2.62. The Labute approximate surface area is 150 Å². The third kappa shape index (κ3) is 8.36. The van der Waals surface area contributed by atoms with Gasteiger partial charge in [-0.15, -0.1) is 0 Å². The fourth-order valence-electron chi connectivity index (χ4n) is 2.50. The molecular weight excluding hydrogens is 322 g/mol. The minimum absolute atomic E-state index is 0.211. The van der Waals surface area contributed by atoms with Crippen LogP contribution in [-0.4, -0.2) is 72.0 Å². The molecule has 0 heterocycles. The van der Waals surface area contributed by atoms with E-state index in [1.807, 2.05) is 37.3 Å². The highest BCUT2D eigenvalue weighted by Gasteiger charge is 2.16. The molecular formula is C19H32NO5+. The molecule has 0 fully saturated rings. The van der Waals surface area contributed by atoms with Gasteiger partial charge in [0, 0.05) is 14.2 Å². The average molecular weight is 354 g/mol. The summed E-state index contributed by atoms with van der Waals surface area (Å²) in [5.74, 6) is 1.29. The first-order valence-electron chi connectivity index (χ1n) is 8.57. The zero-order valence-corrected chi connectivity index (χ0v) is 15.8. The zero-order valence-electron chi connectivity index (χ0n) is 15.8. The predicted octanol–water partition coefficient (Wildman–Crippen LogP) is 0.646. The first-order valence-corrected chi connectivity index (χ1v) is 8.57. The molecule has 2 N–H and O–H groups in total. The molecule has 6 heteroatoms. The van der Waals surface area contributed by atoms with Crippen molar-refractivity contribution in [1.29, 1.82) is 0 Å². The van der Waals surface area contributed by atoms with Crippen LogP contribution in [0.4, 0.5) is 0 Å². The van der Waals surface area contributed by atoms with Crippen molar-refractivity contribution in [2.45, 2.75) is 13.0 Å². The van der Waals surface area contributed by atoms with Crippen molar-refractivity contribution in [3.63, 3.8) is 0 Å². The number of rotatable bonds is 13. The molecule has 0 saturated carbocycles. The predicted molar refractivity (Wildman–Crippen MR) is 98.5 cm³/mol. The number of ether oxygens (including phenoxy) is 4. The number of quaternary nitrogens is 1. The number of allylic oxidation sites excluding steroid dienone is 1. The maximum absolute atomic E-state index is 10.3. The number of nitrogens with one attached hydrogen (secondary N) is 1. The monoisotopic (exact) mass is 354 g/mol. The SMILES string of the molecule is C/C=C/c1ccc(OC[C@H](O)C[NH+](CCOC)CCOC)c(OC)c1. The normalized spacial score (nSPS) is 12.7. The number of benzene rings is 1. The Kier molecular flexibility index (Phi) is 10.9. The molecule has 142 valence electrons. The van der Waals surface area contributed by atoms with Gasteiger partial charge in [0.25, 0.3) is 0 Å². The minimum atomic E-state index is -0.580. The number of methoxy groups -OCH3 is 3. The van der Waals surface area contributed by atoms with Gasteiger partial charge in [0.15, 0.2) is 11.5 Å². The molecule has 0 bridgehead atoms. The van der Waals surface area contributed by atoms with Gasteiger partial charge in [0.2, 0.25) is 0 Å². The van der Waals surface area contributed by atoms with Crippen molar-refractivity contribution >= 4 is 6.08 Å². The molecule has 25 heavy (non-hydrogen) atoms. The van der Waals surface area contributed by atoms with E-state index in [4.69, 9.17) is 18.9 Å². The Morgan fingerprint density at radius 1 is 1.08 bits per heavy atom. The fraction of sp³-hybridized carbons (Fsp3) is 0.579. The first-order chi connectivity index (χ1) is 12.1. The summed E-state index contributed by atoms with van der Waals surface area (Å²) in [6.07, 6.45) is 3.38. The summed E-state index contributed by atoms with van der Waals surface area (Å²) >= 11 is 0. The van der Waals surface area contributed by atoms with Crippen LogP contribution < -0.4 is 14.4 Å². The van der Waals surface area contributed by atoms with Crippen molar-refractivity contribution in [1.82, 2.24) is 0 Å². The number of aliphatic hydroxyl groups excluding tert-OH is 1. The van der Waals surface area contributed by atoms with Gasteiger partial charge in [-0.3, -0.25) is 0 Å². The molecule has 0 aliphatic heterocycles. The smallest absolute Gasteiger partial charge is 0.161 e. The Morgan fingerprint density at radius 2 is 1.76 bits per heavy atom. The summed E-state index contributed by atoms with van der Waals surface area (Å²) < 4.78 is 21.4. The van der Waals surface area contributed by atoms with E-state index in [1.54, 1.807) is 21.3 Å². The molecule has 1 atom stereocenters. The van der Waals surface area contributed by atoms with Crippen LogP contribution in [0, 0.1) is 0 Å². The molecule has 0 saturated heterocycles. The van der Waals surface area contributed by atoms with Crippen molar-refractivity contribution < 1.29 is 29.0 Å². The van der Waals surface area contributed by atoms with Gasteiger partial charge in [-0.25, -0.2) is 0 Å². The molecule has 0 unspecified atom stereocenters. The van der Waals surface area contributed by atoms with Gasteiger partial charge in [-0.2, -0.15) is 0 Å². The van der Waals surface area contributed by atoms with Crippen LogP contribution in [0.1, 0.15) is 12.5 Å². The van der Waals surface area contributed by atoms with E-state index < -0.39 is 6.10 Å². The highest BCUT2D eigenvalue weighted by Crippen LogP contribution is 2.28. The Balaban J connectivity index is 2.57. The lowest BCUT2D eigenvalue weighted by molar-refractivity contribution is -0.903. The number of hydrogen-bond donors (Lipinski definition) is 2. The topological polar surface area (TPSA) is 61.6 Å². The fourth-order valence-corrected chi connectivity index (χ4v) is 2.50. The Morgan fingerprint density at radius 3 is 2.32 bits per heavy atom. The van der Waals surface area contributed by atoms with Crippen molar-refractivity contribution in [2.75, 3.05) is 60.8 Å². The number of hydrogen-bond acceptors (Lipinski definition) is 5. The molecule has 1 rings (SSSR count). The van der Waals surface area contributed by atoms with Gasteiger partial charge in [-0.1, -0.05) is 18.2 Å². The molecule has 0 radical (unpaired) electrons. The van der Waals surface area contributed by atoms with Crippen LogP contribution >= 0.6 is 0 Å². The third-order valence-corrected chi connectivity index (χ3v) is 3.82. The quantitative estimate of drug-likeness (QED) is 0.545. The van der Waals surface area contributed by atoms with Crippen LogP contribution in [0.25, 0.3) is 6.08 Å². The third-order valence-electron chi connectivity index (χ3n) is 3.82. The summed E-state index contributed by atoms with van der Waals surface area (Å²) in [7, 11) is 4.97. The van der Waals surface area contributed by atoms with E-state index in [9.17, 15) is 5.11 Å². The van der Waals surface area contributed by atoms with E-state index in [1.165, 1.54) is 4.90 Å². The minimum Gasteiger partial charge on any atom is -0.493 e. The molecule has 6 nitrogen and oxygen atoms in total. The highest BCUT2D eigenvalue weighted by molar-refractivity contribution is 5.55. The maximum Gasteiger partial charge on any atom is 0.161 e. The second-order valence-corrected chi connectivity index (χ2v) is 5.81. The van der Waals surface area contributed by atoms with Crippen molar-refractivity contribution in [3.8, 4) is 11.5 Å². The molecule has 0 amide bonds. The molecule has 0 spiro atoms. The lowest BCUT2D eigenvalue weighted by Crippen LogP contribution is -3.14. The van der Waals surface area contributed by atoms with Gasteiger partial charge in [0.1, 0.15) is 32.3 Å². The lowest BCUT2D eigenvalue weighted by atomic mass is 10.2. The summed E-state index contributed by atoms with van der Waals surface area (Å²) in [4.78, 5) is 1.22. The Hall–Kier alpha value is -1.60. The summed E-state index contributed by atoms with van der Waals surface area (Å²) in [5.41, 5.74) is 1.04. The second kappa shape index (κ2) is 12.7. The van der Waals surface area contributed by atoms with Gasteiger partial charge in [0.05, 0.1) is 20.3 Å². The molecule has 0 aromatic heterocycles. The molecule has 1 aromatic rings. The standard InChI is InChI=1S/C19H31NO5/c1-5-6-16-7-8-18(19(13-16)24-4)25-15-17(21)14-20(9-11-22-2)10-12-23-3/h5-8,13,17,21H,9-12,14-15H2,1-4H3/p+1/b6-5+/t17-/m1/s1. The Bertz CT molecular complexity index is 499. The largest absolute Gasteiger partial charge is 0.493 e. The number of aliphatic hydroxyl groups is 1. The van der Waals surface area contributed by atoms with Crippen molar-refractivity contribution in [2.24, 2.45) is 0 Å². The van der Waals surface area contributed by atoms with E-state index >= 15 is 0 Å². The molecule has 0 aliphatic carbocycles. The van der Waals surface area contributed by atoms with E-state index in [0.717, 1.165) is 18.7 Å². The summed E-state index contributed by atoms with van der Waals surface area (Å²) in [6.45, 7) is 5.68. The van der Waals surface area contributed by atoms with Crippen LogP contribution in [0.3, 0.4) is 0 Å². The highest BCUT2D eigenvalue weighted by atomic mass is 16.5. The van der Waals surface area contributed by atoms with E-state index in [0.29, 0.717) is 31.3 Å².